The predicted molar refractivity (Wildman–Crippen MR) is 151 cm³/mol. The number of aliphatic hydroxyl groups excluding tert-OH is 2. The molecular formula is C31H50N4O6. The number of nitrogens with one attached hydrogen (secondary N) is 2. The van der Waals surface area contributed by atoms with Crippen LogP contribution >= 0.6 is 0 Å². The summed E-state index contributed by atoms with van der Waals surface area (Å²) in [4.78, 5) is 18.6. The van der Waals surface area contributed by atoms with Crippen LogP contribution in [0.3, 0.4) is 0 Å². The van der Waals surface area contributed by atoms with Crippen molar-refractivity contribution in [3.05, 3.63) is 11.1 Å². The first-order valence-corrected chi connectivity index (χ1v) is 16.0. The highest BCUT2D eigenvalue weighted by atomic mass is 16.5. The minimum Gasteiger partial charge on any atom is -0.545 e. The van der Waals surface area contributed by atoms with Crippen LogP contribution in [-0.4, -0.2) is 91.5 Å². The highest BCUT2D eigenvalue weighted by Crippen LogP contribution is 2.83. The van der Waals surface area contributed by atoms with E-state index in [4.69, 9.17) is 10.5 Å². The molecule has 0 radical (unpaired) electrons. The molecule has 7 N–H and O–H groups in total. The standard InChI is InChI=1S/C31H50N4O6/c1-19-6-7-20-14-23-25(26(38)39)29(40,18-41-22-5-3-4-21(37)15-22)24-8-9-28(16-34-11-13-36)10-12-35(27(32)33-2)17-30(20,28)31(19,23)24/h19-22,24,34,36-37,40H,3-18H2,1-2H3,(H2,32,33)(H,38,39). The Balaban J connectivity index is 1.50. The summed E-state index contributed by atoms with van der Waals surface area (Å²) >= 11 is 0. The lowest BCUT2D eigenvalue weighted by Gasteiger charge is -2.70. The second-order valence-corrected chi connectivity index (χ2v) is 14.2. The zero-order valence-corrected chi connectivity index (χ0v) is 24.8. The minimum atomic E-state index is -1.65. The van der Waals surface area contributed by atoms with Gasteiger partial charge in [0, 0.05) is 54.3 Å². The number of hydrogen-bond acceptors (Lipinski definition) is 8. The van der Waals surface area contributed by atoms with Crippen LogP contribution in [0.15, 0.2) is 16.1 Å². The smallest absolute Gasteiger partial charge is 0.293 e. The molecule has 0 aromatic rings. The van der Waals surface area contributed by atoms with Gasteiger partial charge in [0.2, 0.25) is 0 Å². The van der Waals surface area contributed by atoms with Gasteiger partial charge in [-0.15, -0.1) is 0 Å². The third kappa shape index (κ3) is 3.90. The van der Waals surface area contributed by atoms with Gasteiger partial charge in [-0.25, -0.2) is 4.99 Å². The molecule has 10 heteroatoms. The fraction of sp³-hybridized carbons (Fsp3) is 0.871. The zero-order valence-electron chi connectivity index (χ0n) is 24.8. The second-order valence-electron chi connectivity index (χ2n) is 14.2. The molecule has 1 heterocycles. The van der Waals surface area contributed by atoms with Crippen LogP contribution in [0.4, 0.5) is 0 Å². The van der Waals surface area contributed by atoms with Gasteiger partial charge in [-0.3, -0.25) is 4.90 Å². The van der Waals surface area contributed by atoms with Gasteiger partial charge in [-0.1, -0.05) is 12.5 Å². The number of hydrogen-bond donors (Lipinski definition) is 6. The zero-order chi connectivity index (χ0) is 29.2. The van der Waals surface area contributed by atoms with Gasteiger partial charge in [0.15, 0.2) is 0 Å². The van der Waals surface area contributed by atoms with Crippen molar-refractivity contribution in [1.82, 2.24) is 5.32 Å². The number of piperidine rings is 1. The first kappa shape index (κ1) is 29.5. The highest BCUT2D eigenvalue weighted by molar-refractivity contribution is 5.90. The van der Waals surface area contributed by atoms with Gasteiger partial charge < -0.3 is 41.0 Å². The molecule has 1 aliphatic heterocycles. The summed E-state index contributed by atoms with van der Waals surface area (Å²) in [5.74, 6) is -0.520. The largest absolute Gasteiger partial charge is 0.545 e. The first-order chi connectivity index (χ1) is 19.6. The lowest BCUT2D eigenvalue weighted by atomic mass is 9.34. The predicted octanol–water partition coefficient (Wildman–Crippen LogP) is -1.27. The third-order valence-corrected chi connectivity index (χ3v) is 12.9. The summed E-state index contributed by atoms with van der Waals surface area (Å²) in [7, 11) is 1.73. The molecule has 5 aliphatic carbocycles. The van der Waals surface area contributed by atoms with E-state index in [0.717, 1.165) is 75.1 Å². The van der Waals surface area contributed by atoms with E-state index in [1.807, 2.05) is 0 Å². The Hall–Kier alpha value is -1.56. The summed E-state index contributed by atoms with van der Waals surface area (Å²) in [5, 5.41) is 49.2. The summed E-state index contributed by atoms with van der Waals surface area (Å²) in [6, 6.07) is 0. The molecule has 10 atom stereocenters. The van der Waals surface area contributed by atoms with Crippen molar-refractivity contribution in [2.45, 2.75) is 88.9 Å². The number of guanidine groups is 1. The maximum absolute atomic E-state index is 13.1. The number of carbonyl (C=O) groups is 1. The monoisotopic (exact) mass is 574 g/mol. The van der Waals surface area contributed by atoms with Crippen molar-refractivity contribution in [2.24, 2.45) is 44.7 Å². The number of nitrogens with two attached hydrogens (primary N) is 1. The number of carboxylic acids is 1. The van der Waals surface area contributed by atoms with Crippen LogP contribution in [0.5, 0.6) is 0 Å². The Morgan fingerprint density at radius 3 is 2.76 bits per heavy atom. The molecule has 0 aromatic heterocycles. The van der Waals surface area contributed by atoms with Gasteiger partial charge in [-0.05, 0) is 69.6 Å². The number of aliphatic imine (C=N–C) groups is 1. The molecule has 2 spiro atoms. The van der Waals surface area contributed by atoms with E-state index in [9.17, 15) is 25.2 Å². The number of likely N-dealkylation sites (tertiary alicyclic amines) is 1. The number of carboxylic acid groups (broad SMARTS) is 1. The topological polar surface area (TPSA) is 165 Å². The fourth-order valence-electron chi connectivity index (χ4n) is 11.7. The van der Waals surface area contributed by atoms with Gasteiger partial charge >= 0.3 is 0 Å². The number of quaternary nitrogens is 1. The van der Waals surface area contributed by atoms with Crippen LogP contribution < -0.4 is 21.1 Å². The molecule has 6 aliphatic rings. The van der Waals surface area contributed by atoms with E-state index in [-0.39, 0.29) is 53.5 Å². The van der Waals surface area contributed by atoms with E-state index in [0.29, 0.717) is 31.8 Å². The number of carbonyl (C=O) groups excluding carboxylic acids is 1. The number of ether oxygens (including phenoxy) is 1. The van der Waals surface area contributed by atoms with Crippen molar-refractivity contribution in [2.75, 3.05) is 46.4 Å². The number of nitrogens with zero attached hydrogens (tertiary/aromatic N) is 1. The molecule has 0 amide bonds. The maximum Gasteiger partial charge on any atom is 0.293 e. The maximum atomic E-state index is 13.1. The molecule has 6 rings (SSSR count). The highest BCUT2D eigenvalue weighted by Gasteiger charge is 2.83. The third-order valence-electron chi connectivity index (χ3n) is 12.9. The van der Waals surface area contributed by atoms with E-state index < -0.39 is 23.1 Å². The van der Waals surface area contributed by atoms with Crippen molar-refractivity contribution < 1.29 is 34.9 Å². The van der Waals surface area contributed by atoms with Crippen LogP contribution in [0.25, 0.3) is 0 Å². The molecule has 1 saturated heterocycles. The average molecular weight is 575 g/mol. The lowest BCUT2D eigenvalue weighted by molar-refractivity contribution is -0.832. The van der Waals surface area contributed by atoms with Gasteiger partial charge in [0.25, 0.3) is 5.96 Å². The van der Waals surface area contributed by atoms with Crippen molar-refractivity contribution in [3.63, 3.8) is 0 Å². The Bertz CT molecular complexity index is 1110. The van der Waals surface area contributed by atoms with E-state index in [2.05, 4.69) is 17.2 Å². The molecule has 41 heavy (non-hydrogen) atoms. The van der Waals surface area contributed by atoms with Crippen molar-refractivity contribution in [1.29, 1.82) is 0 Å². The summed E-state index contributed by atoms with van der Waals surface area (Å²) in [6.45, 7) is 5.15. The van der Waals surface area contributed by atoms with Crippen LogP contribution in [0.1, 0.15) is 71.1 Å². The summed E-state index contributed by atoms with van der Waals surface area (Å²) < 4.78 is 6.34. The summed E-state index contributed by atoms with van der Waals surface area (Å²) in [6.07, 6.45) is 7.49. The molecule has 10 unspecified atom stereocenters. The van der Waals surface area contributed by atoms with E-state index in [1.165, 1.54) is 0 Å². The molecular weight excluding hydrogens is 524 g/mol. The quantitative estimate of drug-likeness (QED) is 0.119. The van der Waals surface area contributed by atoms with Gasteiger partial charge in [0.1, 0.15) is 5.60 Å². The lowest BCUT2D eigenvalue weighted by Crippen LogP contribution is -3.19. The fourth-order valence-corrected chi connectivity index (χ4v) is 11.7. The normalized spacial score (nSPS) is 47.3. The SMILES string of the molecule is CN=C(N)[NH+]1CCC2(CNCCO)CCC3C(O)(COC4CCCC(O)C4)C(C(=O)[O-])=C4CC5CCC(C)C43C52C1. The molecule has 0 aromatic carbocycles. The van der Waals surface area contributed by atoms with Gasteiger partial charge in [0.05, 0.1) is 44.5 Å². The van der Waals surface area contributed by atoms with Gasteiger partial charge in [-0.2, -0.15) is 0 Å². The van der Waals surface area contributed by atoms with Crippen LogP contribution in [-0.2, 0) is 9.53 Å². The molecule has 2 bridgehead atoms. The minimum absolute atomic E-state index is 0.0659. The van der Waals surface area contributed by atoms with E-state index in [1.54, 1.807) is 7.05 Å². The van der Waals surface area contributed by atoms with Crippen molar-refractivity contribution >= 4 is 11.9 Å². The number of rotatable bonds is 8. The van der Waals surface area contributed by atoms with Crippen LogP contribution in [0, 0.1) is 34.0 Å². The Morgan fingerprint density at radius 1 is 1.24 bits per heavy atom. The summed E-state index contributed by atoms with van der Waals surface area (Å²) in [5.41, 5.74) is 4.95. The van der Waals surface area contributed by atoms with Crippen LogP contribution in [0.2, 0.25) is 0 Å². The average Bonchev–Trinajstić information content (AvgIpc) is 3.29. The number of allylic oxidation sites excluding steroid dienone is 1. The number of aliphatic carboxylic acids is 1. The Labute approximate surface area is 243 Å². The molecule has 5 fully saturated rings. The first-order valence-electron chi connectivity index (χ1n) is 16.0. The second kappa shape index (κ2) is 10.6. The number of aliphatic hydroxyl groups is 3. The Kier molecular flexibility index (Phi) is 7.60. The molecule has 230 valence electrons. The molecule has 10 nitrogen and oxygen atoms in total. The van der Waals surface area contributed by atoms with E-state index >= 15 is 0 Å². The van der Waals surface area contributed by atoms with Crippen molar-refractivity contribution in [3.8, 4) is 0 Å². The Morgan fingerprint density at radius 2 is 2.05 bits per heavy atom. The molecule has 4 saturated carbocycles.